The zero-order valence-electron chi connectivity index (χ0n) is 37.1. The molecule has 2 aliphatic carbocycles. The van der Waals surface area contributed by atoms with Crippen molar-refractivity contribution in [2.75, 3.05) is 0 Å². The van der Waals surface area contributed by atoms with Crippen molar-refractivity contribution in [3.05, 3.63) is 253 Å². The molecule has 5 heteroatoms. The monoisotopic (exact) mass is 878 g/mol. The minimum Gasteiger partial charge on any atom is -0.455 e. The van der Waals surface area contributed by atoms with E-state index < -0.39 is 5.41 Å². The van der Waals surface area contributed by atoms with Crippen molar-refractivity contribution < 1.29 is 4.42 Å². The van der Waals surface area contributed by atoms with Gasteiger partial charge in [-0.1, -0.05) is 182 Å². The van der Waals surface area contributed by atoms with Crippen molar-refractivity contribution in [1.82, 2.24) is 19.5 Å². The average Bonchev–Trinajstić information content (AvgIpc) is 4.15. The standard InChI is InChI=1S/C64H38N4O/c1-3-16-39(17-4-1)44-24-15-25-48-47-35-32-42(38-57(47)69-60(44)48)63-66-61(40-18-5-2-6-19-40)65-62(67-63)41-30-33-43(34-31-41)68-55-29-14-10-23-50(55)59-56(68)37-36-54-58(59)49-22-9-13-28-53(49)64(54)51-26-11-7-20-45(51)46-21-8-12-27-52(46)64/h1-38H. The maximum atomic E-state index is 6.66. The van der Waals surface area contributed by atoms with Crippen LogP contribution < -0.4 is 0 Å². The first kappa shape index (κ1) is 38.0. The highest BCUT2D eigenvalue weighted by Gasteiger charge is 2.52. The Balaban J connectivity index is 0.877. The Morgan fingerprint density at radius 2 is 0.884 bits per heavy atom. The van der Waals surface area contributed by atoms with Crippen LogP contribution in [0.3, 0.4) is 0 Å². The number of benzene rings is 10. The topological polar surface area (TPSA) is 56.7 Å². The van der Waals surface area contributed by atoms with E-state index in [9.17, 15) is 0 Å². The Bertz CT molecular complexity index is 4200. The molecule has 10 aromatic carbocycles. The first-order valence-electron chi connectivity index (χ1n) is 23.5. The molecule has 0 saturated carbocycles. The fraction of sp³-hybridized carbons (Fsp3) is 0.0156. The van der Waals surface area contributed by atoms with Crippen LogP contribution in [-0.2, 0) is 5.41 Å². The van der Waals surface area contributed by atoms with Gasteiger partial charge in [0.2, 0.25) is 0 Å². The normalized spacial score (nSPS) is 13.0. The maximum Gasteiger partial charge on any atom is 0.164 e. The molecule has 0 amide bonds. The Labute approximate surface area is 397 Å². The second-order valence-electron chi connectivity index (χ2n) is 18.2. The van der Waals surface area contributed by atoms with Gasteiger partial charge in [0, 0.05) is 49.5 Å². The molecule has 13 aromatic rings. The molecule has 0 atom stereocenters. The molecule has 0 bridgehead atoms. The van der Waals surface area contributed by atoms with E-state index in [4.69, 9.17) is 19.4 Å². The Morgan fingerprint density at radius 1 is 0.348 bits per heavy atom. The Hall–Kier alpha value is -9.19. The van der Waals surface area contributed by atoms with Crippen molar-refractivity contribution in [3.63, 3.8) is 0 Å². The molecule has 2 aliphatic rings. The molecule has 0 radical (unpaired) electrons. The van der Waals surface area contributed by atoms with Crippen molar-refractivity contribution in [2.24, 2.45) is 0 Å². The van der Waals surface area contributed by atoms with Crippen LogP contribution in [0.25, 0.3) is 117 Å². The number of para-hydroxylation sites is 2. The van der Waals surface area contributed by atoms with Gasteiger partial charge in [-0.25, -0.2) is 15.0 Å². The minimum atomic E-state index is -0.413. The van der Waals surface area contributed by atoms with E-state index in [1.807, 2.05) is 36.4 Å². The zero-order valence-corrected chi connectivity index (χ0v) is 37.1. The first-order valence-corrected chi connectivity index (χ1v) is 23.5. The third-order valence-corrected chi connectivity index (χ3v) is 14.7. The molecule has 1 spiro atoms. The van der Waals surface area contributed by atoms with Gasteiger partial charge in [-0.3, -0.25) is 0 Å². The van der Waals surface area contributed by atoms with E-state index in [0.29, 0.717) is 17.5 Å². The van der Waals surface area contributed by atoms with Crippen molar-refractivity contribution in [2.45, 2.75) is 5.41 Å². The molecular weight excluding hydrogens is 841 g/mol. The summed E-state index contributed by atoms with van der Waals surface area (Å²) in [4.78, 5) is 15.4. The van der Waals surface area contributed by atoms with Crippen molar-refractivity contribution >= 4 is 43.7 Å². The molecule has 0 fully saturated rings. The summed E-state index contributed by atoms with van der Waals surface area (Å²) in [5.41, 5.74) is 20.1. The summed E-state index contributed by atoms with van der Waals surface area (Å²) < 4.78 is 9.08. The van der Waals surface area contributed by atoms with Crippen LogP contribution >= 0.6 is 0 Å². The lowest BCUT2D eigenvalue weighted by Gasteiger charge is -2.30. The van der Waals surface area contributed by atoms with Crippen LogP contribution in [0, 0.1) is 0 Å². The SMILES string of the molecule is c1ccc(-c2nc(-c3ccc(-n4c5ccccc5c5c6c(ccc54)C4(c5ccccc5-c5ccccc54)c4ccccc4-6)cc3)nc(-c3ccc4c(c3)oc3c(-c5ccccc5)cccc34)n2)cc1. The van der Waals surface area contributed by atoms with E-state index in [0.717, 1.165) is 61.0 Å². The first-order chi connectivity index (χ1) is 34.2. The lowest BCUT2D eigenvalue weighted by molar-refractivity contribution is 0.670. The number of hydrogen-bond donors (Lipinski definition) is 0. The minimum absolute atomic E-state index is 0.413. The van der Waals surface area contributed by atoms with Gasteiger partial charge in [-0.15, -0.1) is 0 Å². The van der Waals surface area contributed by atoms with Crippen LogP contribution in [0.2, 0.25) is 0 Å². The molecule has 3 heterocycles. The number of fused-ring (bicyclic) bond motifs is 17. The smallest absolute Gasteiger partial charge is 0.164 e. The van der Waals surface area contributed by atoms with E-state index in [1.165, 1.54) is 60.8 Å². The summed E-state index contributed by atoms with van der Waals surface area (Å²) in [6.07, 6.45) is 0. The van der Waals surface area contributed by atoms with Gasteiger partial charge in [-0.05, 0) is 98.6 Å². The third-order valence-electron chi connectivity index (χ3n) is 14.7. The van der Waals surface area contributed by atoms with Crippen LogP contribution in [0.15, 0.2) is 235 Å². The highest BCUT2D eigenvalue weighted by molar-refractivity contribution is 6.19. The average molecular weight is 879 g/mol. The van der Waals surface area contributed by atoms with Crippen LogP contribution in [0.1, 0.15) is 22.3 Å². The van der Waals surface area contributed by atoms with Gasteiger partial charge in [0.25, 0.3) is 0 Å². The molecule has 15 rings (SSSR count). The highest BCUT2D eigenvalue weighted by Crippen LogP contribution is 2.64. The Morgan fingerprint density at radius 3 is 1.59 bits per heavy atom. The molecule has 0 unspecified atom stereocenters. The summed E-state index contributed by atoms with van der Waals surface area (Å²) in [5.74, 6) is 1.79. The molecule has 0 saturated heterocycles. The number of hydrogen-bond acceptors (Lipinski definition) is 4. The number of furan rings is 1. The van der Waals surface area contributed by atoms with E-state index in [2.05, 4.69) is 199 Å². The van der Waals surface area contributed by atoms with Gasteiger partial charge < -0.3 is 8.98 Å². The fourth-order valence-electron chi connectivity index (χ4n) is 11.8. The Kier molecular flexibility index (Phi) is 7.93. The summed E-state index contributed by atoms with van der Waals surface area (Å²) in [6, 6.07) is 82.5. The van der Waals surface area contributed by atoms with Gasteiger partial charge in [-0.2, -0.15) is 0 Å². The van der Waals surface area contributed by atoms with Crippen LogP contribution in [0.5, 0.6) is 0 Å². The third kappa shape index (κ3) is 5.32. The maximum absolute atomic E-state index is 6.66. The molecule has 0 N–H and O–H groups in total. The van der Waals surface area contributed by atoms with Crippen LogP contribution in [0.4, 0.5) is 0 Å². The van der Waals surface area contributed by atoms with E-state index in [-0.39, 0.29) is 0 Å². The summed E-state index contributed by atoms with van der Waals surface area (Å²) >= 11 is 0. The molecule has 5 nitrogen and oxygen atoms in total. The van der Waals surface area contributed by atoms with Crippen LogP contribution in [-0.4, -0.2) is 19.5 Å². The van der Waals surface area contributed by atoms with Gasteiger partial charge in [0.15, 0.2) is 17.5 Å². The molecule has 320 valence electrons. The second-order valence-corrected chi connectivity index (χ2v) is 18.2. The summed E-state index contributed by atoms with van der Waals surface area (Å²) in [5, 5.41) is 4.62. The highest BCUT2D eigenvalue weighted by atomic mass is 16.3. The molecule has 69 heavy (non-hydrogen) atoms. The molecule has 0 aliphatic heterocycles. The predicted octanol–water partition coefficient (Wildman–Crippen LogP) is 15.9. The fourth-order valence-corrected chi connectivity index (χ4v) is 11.8. The quantitative estimate of drug-likeness (QED) is 0.173. The second kappa shape index (κ2) is 14.4. The van der Waals surface area contributed by atoms with Gasteiger partial charge in [0.05, 0.1) is 16.4 Å². The number of rotatable bonds is 5. The number of nitrogens with zero attached hydrogens (tertiary/aromatic N) is 4. The lowest BCUT2D eigenvalue weighted by atomic mass is 9.70. The van der Waals surface area contributed by atoms with Gasteiger partial charge >= 0.3 is 0 Å². The predicted molar refractivity (Wildman–Crippen MR) is 279 cm³/mol. The number of aromatic nitrogens is 4. The van der Waals surface area contributed by atoms with E-state index >= 15 is 0 Å². The lowest BCUT2D eigenvalue weighted by Crippen LogP contribution is -2.25. The molecular formula is C64H38N4O. The van der Waals surface area contributed by atoms with Crippen molar-refractivity contribution in [1.29, 1.82) is 0 Å². The van der Waals surface area contributed by atoms with Crippen molar-refractivity contribution in [3.8, 4) is 73.2 Å². The van der Waals surface area contributed by atoms with Gasteiger partial charge in [0.1, 0.15) is 11.2 Å². The molecule has 3 aromatic heterocycles. The van der Waals surface area contributed by atoms with E-state index in [1.54, 1.807) is 0 Å². The summed E-state index contributed by atoms with van der Waals surface area (Å²) in [6.45, 7) is 0. The summed E-state index contributed by atoms with van der Waals surface area (Å²) in [7, 11) is 0. The zero-order chi connectivity index (χ0) is 45.2. The largest absolute Gasteiger partial charge is 0.455 e.